The van der Waals surface area contributed by atoms with Crippen LogP contribution in [0.25, 0.3) is 5.82 Å². The van der Waals surface area contributed by atoms with E-state index < -0.39 is 0 Å². The van der Waals surface area contributed by atoms with Crippen molar-refractivity contribution in [3.8, 4) is 5.82 Å². The molecule has 0 saturated carbocycles. The van der Waals surface area contributed by atoms with Crippen molar-refractivity contribution in [3.05, 3.63) is 30.6 Å². The average molecular weight is 315 g/mol. The van der Waals surface area contributed by atoms with Gasteiger partial charge in [-0.1, -0.05) is 0 Å². The van der Waals surface area contributed by atoms with E-state index in [9.17, 15) is 4.79 Å². The normalized spacial score (nSPS) is 18.0. The first-order valence-corrected chi connectivity index (χ1v) is 7.93. The van der Waals surface area contributed by atoms with Gasteiger partial charge in [-0.15, -0.1) is 0 Å². The van der Waals surface area contributed by atoms with E-state index in [4.69, 9.17) is 4.74 Å². The summed E-state index contributed by atoms with van der Waals surface area (Å²) in [5, 5.41) is 0. The van der Waals surface area contributed by atoms with Crippen LogP contribution in [0.4, 0.5) is 5.82 Å². The number of hydrogen-bond donors (Lipinski definition) is 0. The zero-order chi connectivity index (χ0) is 16.2. The first kappa shape index (κ1) is 15.5. The van der Waals surface area contributed by atoms with Crippen molar-refractivity contribution < 1.29 is 9.53 Å². The zero-order valence-electron chi connectivity index (χ0n) is 13.5. The quantitative estimate of drug-likeness (QED) is 0.800. The Balaban J connectivity index is 1.79. The third-order valence-corrected chi connectivity index (χ3v) is 4.05. The number of nitrogens with zero attached hydrogens (tertiary/aromatic N) is 5. The van der Waals surface area contributed by atoms with Gasteiger partial charge in [0, 0.05) is 25.5 Å². The summed E-state index contributed by atoms with van der Waals surface area (Å²) >= 11 is 0. The second-order valence-electron chi connectivity index (χ2n) is 5.62. The highest BCUT2D eigenvalue weighted by atomic mass is 16.5. The number of esters is 1. The molecule has 0 aromatic carbocycles. The molecule has 1 aliphatic heterocycles. The molecular weight excluding hydrogens is 294 g/mol. The molecule has 2 aromatic rings. The Bertz CT molecular complexity index is 685. The van der Waals surface area contributed by atoms with Gasteiger partial charge in [0.2, 0.25) is 0 Å². The molecule has 0 unspecified atom stereocenters. The maximum absolute atomic E-state index is 12.0. The molecule has 3 rings (SSSR count). The molecule has 122 valence electrons. The molecule has 1 fully saturated rings. The summed E-state index contributed by atoms with van der Waals surface area (Å²) in [5.74, 6) is 2.16. The smallest absolute Gasteiger partial charge is 0.310 e. The lowest BCUT2D eigenvalue weighted by molar-refractivity contribution is -0.148. The van der Waals surface area contributed by atoms with Crippen LogP contribution in [0, 0.1) is 12.8 Å². The Morgan fingerprint density at radius 3 is 2.96 bits per heavy atom. The monoisotopic (exact) mass is 315 g/mol. The minimum atomic E-state index is -0.119. The lowest BCUT2D eigenvalue weighted by Gasteiger charge is -2.32. The van der Waals surface area contributed by atoms with Crippen LogP contribution < -0.4 is 4.90 Å². The maximum atomic E-state index is 12.0. The van der Waals surface area contributed by atoms with Crippen LogP contribution in [0.2, 0.25) is 0 Å². The van der Waals surface area contributed by atoms with Crippen molar-refractivity contribution in [2.24, 2.45) is 5.92 Å². The fraction of sp³-hybridized carbons (Fsp3) is 0.500. The number of aromatic nitrogens is 4. The highest BCUT2D eigenvalue weighted by Gasteiger charge is 2.27. The highest BCUT2D eigenvalue weighted by Crippen LogP contribution is 2.23. The summed E-state index contributed by atoms with van der Waals surface area (Å²) < 4.78 is 7.04. The maximum Gasteiger partial charge on any atom is 0.310 e. The third-order valence-electron chi connectivity index (χ3n) is 4.05. The van der Waals surface area contributed by atoms with E-state index in [-0.39, 0.29) is 11.9 Å². The van der Waals surface area contributed by atoms with Crippen molar-refractivity contribution in [2.75, 3.05) is 24.6 Å². The van der Waals surface area contributed by atoms with Crippen molar-refractivity contribution in [3.63, 3.8) is 0 Å². The standard InChI is InChI=1S/C16H21N5O2/c1-3-23-16(22)13-5-4-7-20(11-13)14-9-17-10-15(19-14)21-8-6-18-12(21)2/h6,8-10,13H,3-5,7,11H2,1-2H3/t13-/m0/s1. The molecule has 1 saturated heterocycles. The summed E-state index contributed by atoms with van der Waals surface area (Å²) in [6.45, 7) is 5.67. The fourth-order valence-electron chi connectivity index (χ4n) is 2.87. The summed E-state index contributed by atoms with van der Waals surface area (Å²) in [7, 11) is 0. The highest BCUT2D eigenvalue weighted by molar-refractivity contribution is 5.73. The van der Waals surface area contributed by atoms with Crippen molar-refractivity contribution >= 4 is 11.8 Å². The molecule has 0 radical (unpaired) electrons. The number of carbonyl (C=O) groups is 1. The van der Waals surface area contributed by atoms with Gasteiger partial charge >= 0.3 is 5.97 Å². The Kier molecular flexibility index (Phi) is 4.55. The van der Waals surface area contributed by atoms with Gasteiger partial charge in [-0.3, -0.25) is 14.3 Å². The molecule has 0 N–H and O–H groups in total. The van der Waals surface area contributed by atoms with Gasteiger partial charge in [0.25, 0.3) is 0 Å². The van der Waals surface area contributed by atoms with Gasteiger partial charge in [0.15, 0.2) is 5.82 Å². The van der Waals surface area contributed by atoms with Crippen LogP contribution in [0.15, 0.2) is 24.8 Å². The molecular formula is C16H21N5O2. The summed E-state index contributed by atoms with van der Waals surface area (Å²) in [6, 6.07) is 0. The first-order chi connectivity index (χ1) is 11.2. The van der Waals surface area contributed by atoms with Gasteiger partial charge in [-0.25, -0.2) is 9.97 Å². The molecule has 0 amide bonds. The van der Waals surface area contributed by atoms with Gasteiger partial charge in [-0.05, 0) is 26.7 Å². The van der Waals surface area contributed by atoms with Crippen LogP contribution >= 0.6 is 0 Å². The van der Waals surface area contributed by atoms with E-state index in [1.807, 2.05) is 24.6 Å². The average Bonchev–Trinajstić information content (AvgIpc) is 3.01. The molecule has 1 atom stereocenters. The SMILES string of the molecule is CCOC(=O)[C@H]1CCCN(c2cncc(-n3ccnc3C)n2)C1. The van der Waals surface area contributed by atoms with E-state index in [1.165, 1.54) is 0 Å². The van der Waals surface area contributed by atoms with Gasteiger partial charge < -0.3 is 9.64 Å². The third kappa shape index (κ3) is 3.33. The Hall–Kier alpha value is -2.44. The summed E-state index contributed by atoms with van der Waals surface area (Å²) in [4.78, 5) is 27.3. The number of aryl methyl sites for hydroxylation is 1. The summed E-state index contributed by atoms with van der Waals surface area (Å²) in [5.41, 5.74) is 0. The van der Waals surface area contributed by atoms with Crippen LogP contribution in [-0.2, 0) is 9.53 Å². The number of anilines is 1. The molecule has 0 bridgehead atoms. The zero-order valence-corrected chi connectivity index (χ0v) is 13.5. The Morgan fingerprint density at radius 2 is 2.22 bits per heavy atom. The fourth-order valence-corrected chi connectivity index (χ4v) is 2.87. The van der Waals surface area contributed by atoms with Crippen LogP contribution in [0.1, 0.15) is 25.6 Å². The van der Waals surface area contributed by atoms with Crippen LogP contribution in [0.5, 0.6) is 0 Å². The minimum absolute atomic E-state index is 0.0934. The number of rotatable bonds is 4. The van der Waals surface area contributed by atoms with Crippen LogP contribution in [0.3, 0.4) is 0 Å². The second kappa shape index (κ2) is 6.76. The van der Waals surface area contributed by atoms with Gasteiger partial charge in [-0.2, -0.15) is 0 Å². The van der Waals surface area contributed by atoms with E-state index in [1.54, 1.807) is 18.6 Å². The Morgan fingerprint density at radius 1 is 1.39 bits per heavy atom. The molecule has 23 heavy (non-hydrogen) atoms. The molecule has 2 aromatic heterocycles. The first-order valence-electron chi connectivity index (χ1n) is 7.93. The molecule has 0 aliphatic carbocycles. The number of piperidine rings is 1. The van der Waals surface area contributed by atoms with E-state index in [2.05, 4.69) is 19.9 Å². The van der Waals surface area contributed by atoms with E-state index >= 15 is 0 Å². The van der Waals surface area contributed by atoms with E-state index in [0.717, 1.165) is 36.8 Å². The largest absolute Gasteiger partial charge is 0.466 e. The minimum Gasteiger partial charge on any atom is -0.466 e. The number of ether oxygens (including phenoxy) is 1. The summed E-state index contributed by atoms with van der Waals surface area (Å²) in [6.07, 6.45) is 8.86. The number of imidazole rings is 1. The van der Waals surface area contributed by atoms with Crippen molar-refractivity contribution in [1.82, 2.24) is 19.5 Å². The lowest BCUT2D eigenvalue weighted by Crippen LogP contribution is -2.40. The second-order valence-corrected chi connectivity index (χ2v) is 5.62. The van der Waals surface area contributed by atoms with Crippen molar-refractivity contribution in [2.45, 2.75) is 26.7 Å². The predicted octanol–water partition coefficient (Wildman–Crippen LogP) is 1.75. The molecule has 7 nitrogen and oxygen atoms in total. The van der Waals surface area contributed by atoms with Gasteiger partial charge in [0.05, 0.1) is 24.9 Å². The molecule has 0 spiro atoms. The number of carbonyl (C=O) groups excluding carboxylic acids is 1. The van der Waals surface area contributed by atoms with Crippen LogP contribution in [-0.4, -0.2) is 45.2 Å². The predicted molar refractivity (Wildman–Crippen MR) is 85.5 cm³/mol. The topological polar surface area (TPSA) is 73.1 Å². The van der Waals surface area contributed by atoms with Crippen molar-refractivity contribution in [1.29, 1.82) is 0 Å². The molecule has 7 heteroatoms. The van der Waals surface area contributed by atoms with Gasteiger partial charge in [0.1, 0.15) is 11.6 Å². The molecule has 3 heterocycles. The molecule has 1 aliphatic rings. The number of hydrogen-bond acceptors (Lipinski definition) is 6. The van der Waals surface area contributed by atoms with E-state index in [0.29, 0.717) is 13.2 Å². The lowest BCUT2D eigenvalue weighted by atomic mass is 9.98. The Labute approximate surface area is 135 Å².